The first kappa shape index (κ1) is 18.5. The Labute approximate surface area is 148 Å². The highest BCUT2D eigenvalue weighted by Crippen LogP contribution is 2.13. The summed E-state index contributed by atoms with van der Waals surface area (Å²) in [5.74, 6) is -0.505. The van der Waals surface area contributed by atoms with E-state index in [1.165, 1.54) is 5.56 Å². The van der Waals surface area contributed by atoms with E-state index in [1.807, 2.05) is 31.2 Å². The molecular formula is C20H24N2O3. The highest BCUT2D eigenvalue weighted by atomic mass is 16.5. The molecule has 0 fully saturated rings. The number of ether oxygens (including phenoxy) is 1. The van der Waals surface area contributed by atoms with Gasteiger partial charge in [-0.3, -0.25) is 4.79 Å². The van der Waals surface area contributed by atoms with Crippen LogP contribution < -0.4 is 10.6 Å². The molecule has 0 bridgehead atoms. The number of hydrogen-bond donors (Lipinski definition) is 2. The van der Waals surface area contributed by atoms with Gasteiger partial charge in [-0.05, 0) is 48.7 Å². The summed E-state index contributed by atoms with van der Waals surface area (Å²) in [4.78, 5) is 23.9. The van der Waals surface area contributed by atoms with Gasteiger partial charge < -0.3 is 15.4 Å². The SMILES string of the molecule is CCCOC(=O)c1cccc(NCC(=O)Nc2ccc(CC)cc2)c1. The Kier molecular flexibility index (Phi) is 7.01. The summed E-state index contributed by atoms with van der Waals surface area (Å²) in [5, 5.41) is 5.85. The average Bonchev–Trinajstić information content (AvgIpc) is 2.65. The van der Waals surface area contributed by atoms with E-state index in [-0.39, 0.29) is 18.4 Å². The summed E-state index contributed by atoms with van der Waals surface area (Å²) in [6.45, 7) is 4.54. The summed E-state index contributed by atoms with van der Waals surface area (Å²) in [6, 6.07) is 14.7. The molecule has 2 N–H and O–H groups in total. The van der Waals surface area contributed by atoms with Crippen molar-refractivity contribution in [1.82, 2.24) is 0 Å². The van der Waals surface area contributed by atoms with Crippen LogP contribution in [-0.2, 0) is 16.0 Å². The van der Waals surface area contributed by atoms with Gasteiger partial charge in [0.15, 0.2) is 0 Å². The quantitative estimate of drug-likeness (QED) is 0.716. The molecular weight excluding hydrogens is 316 g/mol. The molecule has 2 aromatic carbocycles. The van der Waals surface area contributed by atoms with E-state index in [0.29, 0.717) is 17.9 Å². The van der Waals surface area contributed by atoms with Gasteiger partial charge in [-0.2, -0.15) is 0 Å². The molecule has 0 saturated heterocycles. The molecule has 0 aliphatic rings. The number of aryl methyl sites for hydroxylation is 1. The molecule has 5 heteroatoms. The van der Waals surface area contributed by atoms with E-state index >= 15 is 0 Å². The van der Waals surface area contributed by atoms with Gasteiger partial charge in [0.2, 0.25) is 5.91 Å². The Hall–Kier alpha value is -2.82. The zero-order valence-electron chi connectivity index (χ0n) is 14.7. The van der Waals surface area contributed by atoms with Crippen LogP contribution in [-0.4, -0.2) is 25.0 Å². The molecule has 0 aliphatic carbocycles. The van der Waals surface area contributed by atoms with E-state index in [1.54, 1.807) is 24.3 Å². The van der Waals surface area contributed by atoms with Gasteiger partial charge in [0.1, 0.15) is 0 Å². The monoisotopic (exact) mass is 340 g/mol. The number of rotatable bonds is 8. The number of amides is 1. The molecule has 0 aromatic heterocycles. The van der Waals surface area contributed by atoms with Crippen molar-refractivity contribution in [1.29, 1.82) is 0 Å². The van der Waals surface area contributed by atoms with Crippen LogP contribution in [0.3, 0.4) is 0 Å². The lowest BCUT2D eigenvalue weighted by Crippen LogP contribution is -2.21. The van der Waals surface area contributed by atoms with E-state index in [0.717, 1.165) is 18.5 Å². The lowest BCUT2D eigenvalue weighted by atomic mass is 10.1. The van der Waals surface area contributed by atoms with E-state index < -0.39 is 0 Å². The van der Waals surface area contributed by atoms with Crippen LogP contribution in [0.1, 0.15) is 36.2 Å². The molecule has 132 valence electrons. The van der Waals surface area contributed by atoms with Crippen molar-refractivity contribution in [3.63, 3.8) is 0 Å². The average molecular weight is 340 g/mol. The number of carbonyl (C=O) groups excluding carboxylic acids is 2. The minimum absolute atomic E-state index is 0.114. The Morgan fingerprint density at radius 1 is 1.00 bits per heavy atom. The molecule has 0 atom stereocenters. The highest BCUT2D eigenvalue weighted by molar-refractivity contribution is 5.94. The van der Waals surface area contributed by atoms with Crippen molar-refractivity contribution in [2.45, 2.75) is 26.7 Å². The topological polar surface area (TPSA) is 67.4 Å². The predicted molar refractivity (Wildman–Crippen MR) is 100.0 cm³/mol. The molecule has 0 unspecified atom stereocenters. The fraction of sp³-hybridized carbons (Fsp3) is 0.300. The lowest BCUT2D eigenvalue weighted by Gasteiger charge is -2.09. The molecule has 1 amide bonds. The van der Waals surface area contributed by atoms with Gasteiger partial charge in [-0.25, -0.2) is 4.79 Å². The number of esters is 1. The van der Waals surface area contributed by atoms with Gasteiger partial charge in [-0.15, -0.1) is 0 Å². The Balaban J connectivity index is 1.87. The first-order valence-electron chi connectivity index (χ1n) is 8.52. The summed E-state index contributed by atoms with van der Waals surface area (Å²) < 4.78 is 5.11. The second-order valence-corrected chi connectivity index (χ2v) is 5.67. The third-order valence-electron chi connectivity index (χ3n) is 3.63. The van der Waals surface area contributed by atoms with Crippen LogP contribution in [0.15, 0.2) is 48.5 Å². The summed E-state index contributed by atoms with van der Waals surface area (Å²) >= 11 is 0. The lowest BCUT2D eigenvalue weighted by molar-refractivity contribution is -0.114. The van der Waals surface area contributed by atoms with Crippen molar-refractivity contribution in [2.75, 3.05) is 23.8 Å². The molecule has 0 saturated carbocycles. The minimum Gasteiger partial charge on any atom is -0.462 e. The third-order valence-corrected chi connectivity index (χ3v) is 3.63. The van der Waals surface area contributed by atoms with Gasteiger partial charge in [0, 0.05) is 11.4 Å². The molecule has 0 heterocycles. The molecule has 0 radical (unpaired) electrons. The fourth-order valence-electron chi connectivity index (χ4n) is 2.25. The van der Waals surface area contributed by atoms with Crippen LogP contribution in [0.5, 0.6) is 0 Å². The van der Waals surface area contributed by atoms with Gasteiger partial charge >= 0.3 is 5.97 Å². The van der Waals surface area contributed by atoms with Crippen molar-refractivity contribution in [2.24, 2.45) is 0 Å². The largest absolute Gasteiger partial charge is 0.462 e. The zero-order chi connectivity index (χ0) is 18.1. The Morgan fingerprint density at radius 3 is 2.44 bits per heavy atom. The number of nitrogens with one attached hydrogen (secondary N) is 2. The molecule has 25 heavy (non-hydrogen) atoms. The van der Waals surface area contributed by atoms with Crippen molar-refractivity contribution < 1.29 is 14.3 Å². The molecule has 0 spiro atoms. The van der Waals surface area contributed by atoms with E-state index in [2.05, 4.69) is 17.6 Å². The van der Waals surface area contributed by atoms with E-state index in [4.69, 9.17) is 4.74 Å². The standard InChI is InChI=1S/C20H24N2O3/c1-3-12-25-20(24)16-6-5-7-18(13-16)21-14-19(23)22-17-10-8-15(4-2)9-11-17/h5-11,13,21H,3-4,12,14H2,1-2H3,(H,22,23). The fourth-order valence-corrected chi connectivity index (χ4v) is 2.25. The smallest absolute Gasteiger partial charge is 0.338 e. The predicted octanol–water partition coefficient (Wildman–Crippen LogP) is 3.87. The minimum atomic E-state index is -0.356. The number of benzene rings is 2. The van der Waals surface area contributed by atoms with Crippen LogP contribution in [0.25, 0.3) is 0 Å². The third kappa shape index (κ3) is 5.95. The van der Waals surface area contributed by atoms with E-state index in [9.17, 15) is 9.59 Å². The van der Waals surface area contributed by atoms with Gasteiger partial charge in [0.25, 0.3) is 0 Å². The maximum Gasteiger partial charge on any atom is 0.338 e. The maximum atomic E-state index is 12.0. The van der Waals surface area contributed by atoms with Crippen LogP contribution in [0.2, 0.25) is 0 Å². The first-order valence-corrected chi connectivity index (χ1v) is 8.52. The van der Waals surface area contributed by atoms with Crippen LogP contribution in [0.4, 0.5) is 11.4 Å². The molecule has 2 aromatic rings. The summed E-state index contributed by atoms with van der Waals surface area (Å²) in [7, 11) is 0. The summed E-state index contributed by atoms with van der Waals surface area (Å²) in [5.41, 5.74) is 3.15. The molecule has 5 nitrogen and oxygen atoms in total. The van der Waals surface area contributed by atoms with Crippen molar-refractivity contribution in [3.05, 3.63) is 59.7 Å². The van der Waals surface area contributed by atoms with Crippen LogP contribution in [0, 0.1) is 0 Å². The first-order chi connectivity index (χ1) is 12.1. The number of anilines is 2. The second kappa shape index (κ2) is 9.47. The van der Waals surface area contributed by atoms with Crippen molar-refractivity contribution >= 4 is 23.3 Å². The molecule has 0 aliphatic heterocycles. The second-order valence-electron chi connectivity index (χ2n) is 5.67. The molecule has 2 rings (SSSR count). The number of carbonyl (C=O) groups is 2. The maximum absolute atomic E-state index is 12.0. The summed E-state index contributed by atoms with van der Waals surface area (Å²) in [6.07, 6.45) is 1.75. The zero-order valence-corrected chi connectivity index (χ0v) is 14.7. The van der Waals surface area contributed by atoms with Gasteiger partial charge in [0.05, 0.1) is 18.7 Å². The highest BCUT2D eigenvalue weighted by Gasteiger charge is 2.08. The Bertz CT molecular complexity index is 711. The van der Waals surface area contributed by atoms with Crippen LogP contribution >= 0.6 is 0 Å². The van der Waals surface area contributed by atoms with Crippen molar-refractivity contribution in [3.8, 4) is 0 Å². The number of hydrogen-bond acceptors (Lipinski definition) is 4. The van der Waals surface area contributed by atoms with Gasteiger partial charge in [-0.1, -0.05) is 32.0 Å². The Morgan fingerprint density at radius 2 is 1.76 bits per heavy atom. The normalized spacial score (nSPS) is 10.2.